The number of methoxy groups -OCH3 is 1. The fourth-order valence-corrected chi connectivity index (χ4v) is 4.21. The van der Waals surface area contributed by atoms with Gasteiger partial charge in [-0.1, -0.05) is 25.5 Å². The molecule has 1 aromatic carbocycles. The molecule has 2 heterocycles. The molecule has 1 aromatic heterocycles. The molecule has 3 rings (SSSR count). The normalized spacial score (nSPS) is 22.2. The minimum absolute atomic E-state index is 0.0324. The molecule has 1 aliphatic rings. The van der Waals surface area contributed by atoms with Crippen LogP contribution in [0.3, 0.4) is 0 Å². The molecule has 1 fully saturated rings. The van der Waals surface area contributed by atoms with Crippen LogP contribution in [-0.4, -0.2) is 53.3 Å². The molecule has 1 unspecified atom stereocenters. The number of nitrogens with one attached hydrogen (secondary N) is 1. The standard InChI is InChI=1S/C21H32N4O2/c1-5-8-19(24-13-15(2)22-16(3)14-24)20-23-18-10-7-6-9-17(18)21(26)25(20)11-12-27-4/h6-7,9-10,15-16,19,22H,5,8,11-14H2,1-4H3/t15-,16+,19?. The third-order valence-corrected chi connectivity index (χ3v) is 5.30. The van der Waals surface area contributed by atoms with Gasteiger partial charge in [0.15, 0.2) is 0 Å². The average molecular weight is 373 g/mol. The SMILES string of the molecule is CCCC(c1nc2ccccc2c(=O)n1CCOC)N1C[C@@H](C)N[C@@H](C)C1. The Morgan fingerprint density at radius 3 is 2.63 bits per heavy atom. The van der Waals surface area contributed by atoms with Gasteiger partial charge in [0.25, 0.3) is 5.56 Å². The van der Waals surface area contributed by atoms with Crippen LogP contribution >= 0.6 is 0 Å². The van der Waals surface area contributed by atoms with Gasteiger partial charge in [-0.2, -0.15) is 0 Å². The fraction of sp³-hybridized carbons (Fsp3) is 0.619. The second kappa shape index (κ2) is 8.95. The van der Waals surface area contributed by atoms with Crippen LogP contribution in [0.2, 0.25) is 0 Å². The second-order valence-corrected chi connectivity index (χ2v) is 7.66. The lowest BCUT2D eigenvalue weighted by atomic mass is 10.0. The van der Waals surface area contributed by atoms with Crippen molar-refractivity contribution < 1.29 is 4.74 Å². The van der Waals surface area contributed by atoms with Crippen molar-refractivity contribution in [3.05, 3.63) is 40.4 Å². The number of nitrogens with zero attached hydrogens (tertiary/aromatic N) is 3. The zero-order chi connectivity index (χ0) is 19.4. The molecule has 27 heavy (non-hydrogen) atoms. The first-order chi connectivity index (χ1) is 13.0. The van der Waals surface area contributed by atoms with Gasteiger partial charge in [0.2, 0.25) is 0 Å². The molecule has 1 aliphatic heterocycles. The zero-order valence-corrected chi connectivity index (χ0v) is 16.9. The van der Waals surface area contributed by atoms with Gasteiger partial charge in [-0.3, -0.25) is 14.3 Å². The Morgan fingerprint density at radius 1 is 1.26 bits per heavy atom. The Morgan fingerprint density at radius 2 is 1.96 bits per heavy atom. The van der Waals surface area contributed by atoms with Crippen molar-refractivity contribution in [2.45, 2.75) is 58.3 Å². The number of piperazine rings is 1. The summed E-state index contributed by atoms with van der Waals surface area (Å²) in [6.07, 6.45) is 2.03. The van der Waals surface area contributed by atoms with E-state index >= 15 is 0 Å². The molecule has 2 aromatic rings. The van der Waals surface area contributed by atoms with Crippen LogP contribution in [0.5, 0.6) is 0 Å². The van der Waals surface area contributed by atoms with Crippen molar-refractivity contribution in [1.82, 2.24) is 19.8 Å². The van der Waals surface area contributed by atoms with Gasteiger partial charge in [0.05, 0.1) is 30.1 Å². The highest BCUT2D eigenvalue weighted by molar-refractivity contribution is 5.77. The average Bonchev–Trinajstić information content (AvgIpc) is 2.64. The lowest BCUT2D eigenvalue weighted by Gasteiger charge is -2.41. The molecule has 148 valence electrons. The van der Waals surface area contributed by atoms with Gasteiger partial charge >= 0.3 is 0 Å². The Balaban J connectivity index is 2.10. The van der Waals surface area contributed by atoms with Crippen molar-refractivity contribution >= 4 is 10.9 Å². The van der Waals surface area contributed by atoms with Gasteiger partial charge < -0.3 is 10.1 Å². The van der Waals surface area contributed by atoms with E-state index < -0.39 is 0 Å². The molecule has 0 saturated carbocycles. The molecule has 1 N–H and O–H groups in total. The van der Waals surface area contributed by atoms with Crippen molar-refractivity contribution in [1.29, 1.82) is 0 Å². The Kier molecular flexibility index (Phi) is 6.63. The van der Waals surface area contributed by atoms with E-state index in [0.29, 0.717) is 30.6 Å². The van der Waals surface area contributed by atoms with E-state index in [2.05, 4.69) is 31.0 Å². The topological polar surface area (TPSA) is 59.4 Å². The van der Waals surface area contributed by atoms with E-state index in [9.17, 15) is 4.79 Å². The maximum absolute atomic E-state index is 13.2. The van der Waals surface area contributed by atoms with Crippen LogP contribution in [0.4, 0.5) is 0 Å². The first-order valence-corrected chi connectivity index (χ1v) is 10.0. The molecule has 0 radical (unpaired) electrons. The van der Waals surface area contributed by atoms with Crippen molar-refractivity contribution in [3.8, 4) is 0 Å². The summed E-state index contributed by atoms with van der Waals surface area (Å²) in [5.41, 5.74) is 0.813. The number of benzene rings is 1. The number of rotatable bonds is 7. The summed E-state index contributed by atoms with van der Waals surface area (Å²) in [5.74, 6) is 0.874. The van der Waals surface area contributed by atoms with Crippen LogP contribution in [0.15, 0.2) is 29.1 Å². The number of fused-ring (bicyclic) bond motifs is 1. The molecule has 0 bridgehead atoms. The third kappa shape index (κ3) is 4.39. The zero-order valence-electron chi connectivity index (χ0n) is 16.9. The number of para-hydroxylation sites is 1. The predicted octanol–water partition coefficient (Wildman–Crippen LogP) is 2.57. The molecule has 0 aliphatic carbocycles. The Hall–Kier alpha value is -1.76. The molecule has 0 amide bonds. The summed E-state index contributed by atoms with van der Waals surface area (Å²) in [5, 5.41) is 4.27. The summed E-state index contributed by atoms with van der Waals surface area (Å²) >= 11 is 0. The smallest absolute Gasteiger partial charge is 0.261 e. The summed E-state index contributed by atoms with van der Waals surface area (Å²) in [7, 11) is 1.67. The van der Waals surface area contributed by atoms with E-state index in [-0.39, 0.29) is 11.6 Å². The van der Waals surface area contributed by atoms with Crippen LogP contribution in [0, 0.1) is 0 Å². The van der Waals surface area contributed by atoms with E-state index in [1.165, 1.54) is 0 Å². The van der Waals surface area contributed by atoms with Gasteiger partial charge in [-0.05, 0) is 32.4 Å². The Labute approximate surface area is 161 Å². The Bertz CT molecular complexity index is 809. The second-order valence-electron chi connectivity index (χ2n) is 7.66. The summed E-state index contributed by atoms with van der Waals surface area (Å²) in [4.78, 5) is 20.7. The number of aromatic nitrogens is 2. The van der Waals surface area contributed by atoms with Gasteiger partial charge in [-0.15, -0.1) is 0 Å². The highest BCUT2D eigenvalue weighted by atomic mass is 16.5. The van der Waals surface area contributed by atoms with E-state index in [4.69, 9.17) is 9.72 Å². The summed E-state index contributed by atoms with van der Waals surface area (Å²) in [6, 6.07) is 8.63. The van der Waals surface area contributed by atoms with Gasteiger partial charge in [0, 0.05) is 32.3 Å². The van der Waals surface area contributed by atoms with Crippen LogP contribution in [0.1, 0.15) is 45.5 Å². The van der Waals surface area contributed by atoms with Gasteiger partial charge in [-0.25, -0.2) is 4.98 Å². The van der Waals surface area contributed by atoms with Crippen molar-refractivity contribution in [3.63, 3.8) is 0 Å². The fourth-order valence-electron chi connectivity index (χ4n) is 4.21. The predicted molar refractivity (Wildman–Crippen MR) is 109 cm³/mol. The third-order valence-electron chi connectivity index (χ3n) is 5.30. The maximum atomic E-state index is 13.2. The monoisotopic (exact) mass is 372 g/mol. The maximum Gasteiger partial charge on any atom is 0.261 e. The molecule has 0 spiro atoms. The molecule has 1 saturated heterocycles. The number of hydrogen-bond donors (Lipinski definition) is 1. The molecular weight excluding hydrogens is 340 g/mol. The quantitative estimate of drug-likeness (QED) is 0.809. The highest BCUT2D eigenvalue weighted by Gasteiger charge is 2.30. The van der Waals surface area contributed by atoms with E-state index in [1.54, 1.807) is 7.11 Å². The van der Waals surface area contributed by atoms with E-state index in [0.717, 1.165) is 37.3 Å². The first-order valence-electron chi connectivity index (χ1n) is 10.0. The molecular formula is C21H32N4O2. The van der Waals surface area contributed by atoms with E-state index in [1.807, 2.05) is 28.8 Å². The van der Waals surface area contributed by atoms with Gasteiger partial charge in [0.1, 0.15) is 5.82 Å². The van der Waals surface area contributed by atoms with Crippen LogP contribution < -0.4 is 10.9 Å². The number of ether oxygens (including phenoxy) is 1. The summed E-state index contributed by atoms with van der Waals surface area (Å²) in [6.45, 7) is 9.58. The minimum Gasteiger partial charge on any atom is -0.383 e. The first kappa shape index (κ1) is 20.0. The van der Waals surface area contributed by atoms with Crippen LogP contribution in [0.25, 0.3) is 10.9 Å². The summed E-state index contributed by atoms with van der Waals surface area (Å²) < 4.78 is 7.11. The highest BCUT2D eigenvalue weighted by Crippen LogP contribution is 2.27. The lowest BCUT2D eigenvalue weighted by molar-refractivity contribution is 0.106. The molecule has 3 atom stereocenters. The van der Waals surface area contributed by atoms with Crippen molar-refractivity contribution in [2.24, 2.45) is 0 Å². The van der Waals surface area contributed by atoms with Crippen LogP contribution in [-0.2, 0) is 11.3 Å². The largest absolute Gasteiger partial charge is 0.383 e. The molecule has 6 heteroatoms. The molecule has 6 nitrogen and oxygen atoms in total. The van der Waals surface area contributed by atoms with Crippen molar-refractivity contribution in [2.75, 3.05) is 26.8 Å². The minimum atomic E-state index is 0.0324. The number of hydrogen-bond acceptors (Lipinski definition) is 5. The lowest BCUT2D eigenvalue weighted by Crippen LogP contribution is -2.55.